The SMILES string of the molecule is Cc1sc2ncn3nc(Cn4nc([N+](=O)[O-])cc4C)nc3c2c1C. The number of fused-ring (bicyclic) bond motifs is 3. The molecule has 4 aromatic heterocycles. The molecule has 0 radical (unpaired) electrons. The van der Waals surface area contributed by atoms with Crippen LogP contribution < -0.4 is 0 Å². The first kappa shape index (κ1) is 14.7. The Labute approximate surface area is 139 Å². The zero-order valence-electron chi connectivity index (χ0n) is 13.2. The number of hydrogen-bond acceptors (Lipinski definition) is 7. The van der Waals surface area contributed by atoms with E-state index in [1.54, 1.807) is 29.1 Å². The maximum atomic E-state index is 10.8. The van der Waals surface area contributed by atoms with E-state index in [4.69, 9.17) is 0 Å². The summed E-state index contributed by atoms with van der Waals surface area (Å²) in [5, 5.41) is 20.2. The third kappa shape index (κ3) is 2.14. The fourth-order valence-corrected chi connectivity index (χ4v) is 3.62. The van der Waals surface area contributed by atoms with Crippen LogP contribution in [0.2, 0.25) is 0 Å². The van der Waals surface area contributed by atoms with E-state index < -0.39 is 4.92 Å². The van der Waals surface area contributed by atoms with Crippen molar-refractivity contribution in [3.8, 4) is 0 Å². The molecule has 122 valence electrons. The van der Waals surface area contributed by atoms with E-state index >= 15 is 0 Å². The van der Waals surface area contributed by atoms with Crippen molar-refractivity contribution in [2.24, 2.45) is 0 Å². The van der Waals surface area contributed by atoms with Crippen LogP contribution in [0.1, 0.15) is 22.0 Å². The maximum absolute atomic E-state index is 10.8. The zero-order valence-corrected chi connectivity index (χ0v) is 14.0. The molecule has 10 heteroatoms. The standard InChI is InChI=1S/C14H13N7O2S/c1-7-4-11(21(22)23)18-19(7)5-10-16-13-12-8(2)9(3)24-14(12)15-6-20(13)17-10/h4,6H,5H2,1-3H3. The summed E-state index contributed by atoms with van der Waals surface area (Å²) in [6, 6.07) is 1.43. The number of aryl methyl sites for hydroxylation is 3. The normalized spacial score (nSPS) is 11.6. The van der Waals surface area contributed by atoms with E-state index in [0.29, 0.717) is 11.5 Å². The molecule has 24 heavy (non-hydrogen) atoms. The summed E-state index contributed by atoms with van der Waals surface area (Å²) in [7, 11) is 0. The molecule has 0 aliphatic rings. The van der Waals surface area contributed by atoms with Gasteiger partial charge in [0.1, 0.15) is 17.7 Å². The van der Waals surface area contributed by atoms with Gasteiger partial charge in [0.15, 0.2) is 11.5 Å². The van der Waals surface area contributed by atoms with Gasteiger partial charge in [-0.1, -0.05) is 0 Å². The molecule has 0 aromatic carbocycles. The van der Waals surface area contributed by atoms with Crippen molar-refractivity contribution in [1.29, 1.82) is 0 Å². The molecule has 0 atom stereocenters. The van der Waals surface area contributed by atoms with Crippen molar-refractivity contribution in [3.05, 3.63) is 44.5 Å². The Morgan fingerprint density at radius 2 is 2.08 bits per heavy atom. The predicted octanol–water partition coefficient (Wildman–Crippen LogP) is 2.42. The highest BCUT2D eigenvalue weighted by molar-refractivity contribution is 7.18. The molecule has 4 rings (SSSR count). The lowest BCUT2D eigenvalue weighted by atomic mass is 10.2. The van der Waals surface area contributed by atoms with E-state index in [0.717, 1.165) is 21.4 Å². The minimum atomic E-state index is -0.508. The van der Waals surface area contributed by atoms with Crippen molar-refractivity contribution in [3.63, 3.8) is 0 Å². The second-order valence-corrected chi connectivity index (χ2v) is 6.77. The summed E-state index contributed by atoms with van der Waals surface area (Å²) < 4.78 is 3.17. The largest absolute Gasteiger partial charge is 0.390 e. The molecule has 0 bridgehead atoms. The van der Waals surface area contributed by atoms with Crippen LogP contribution in [0.5, 0.6) is 0 Å². The average molecular weight is 343 g/mol. The summed E-state index contributed by atoms with van der Waals surface area (Å²) in [6.07, 6.45) is 1.64. The van der Waals surface area contributed by atoms with Gasteiger partial charge in [0, 0.05) is 4.88 Å². The maximum Gasteiger partial charge on any atom is 0.390 e. The first-order chi connectivity index (χ1) is 11.4. The van der Waals surface area contributed by atoms with Gasteiger partial charge < -0.3 is 10.1 Å². The highest BCUT2D eigenvalue weighted by atomic mass is 32.1. The molecule has 4 heterocycles. The quantitative estimate of drug-likeness (QED) is 0.418. The Balaban J connectivity index is 1.81. The first-order valence-corrected chi connectivity index (χ1v) is 8.04. The topological polar surface area (TPSA) is 104 Å². The highest BCUT2D eigenvalue weighted by Crippen LogP contribution is 2.30. The fourth-order valence-electron chi connectivity index (χ4n) is 2.63. The Morgan fingerprint density at radius 3 is 2.79 bits per heavy atom. The molecule has 9 nitrogen and oxygen atoms in total. The van der Waals surface area contributed by atoms with E-state index in [-0.39, 0.29) is 12.4 Å². The Kier molecular flexibility index (Phi) is 3.10. The van der Waals surface area contributed by atoms with Crippen LogP contribution in [0.4, 0.5) is 5.82 Å². The molecule has 0 N–H and O–H groups in total. The van der Waals surface area contributed by atoms with Crippen LogP contribution in [0.3, 0.4) is 0 Å². The lowest BCUT2D eigenvalue weighted by Gasteiger charge is -1.93. The van der Waals surface area contributed by atoms with Gasteiger partial charge >= 0.3 is 5.82 Å². The average Bonchev–Trinajstić information content (AvgIpc) is 3.17. The Bertz CT molecular complexity index is 1110. The second kappa shape index (κ2) is 5.06. The van der Waals surface area contributed by atoms with Gasteiger partial charge in [0.05, 0.1) is 22.2 Å². The van der Waals surface area contributed by atoms with Crippen LogP contribution in [0.25, 0.3) is 15.9 Å². The summed E-state index contributed by atoms with van der Waals surface area (Å²) in [4.78, 5) is 21.5. The smallest absolute Gasteiger partial charge is 0.358 e. The van der Waals surface area contributed by atoms with Gasteiger partial charge in [-0.25, -0.2) is 14.5 Å². The van der Waals surface area contributed by atoms with Crippen molar-refractivity contribution < 1.29 is 4.92 Å². The van der Waals surface area contributed by atoms with E-state index in [9.17, 15) is 10.1 Å². The van der Waals surface area contributed by atoms with E-state index in [1.807, 2.05) is 6.92 Å². The number of aromatic nitrogens is 6. The number of nitrogens with zero attached hydrogens (tertiary/aromatic N) is 7. The molecule has 0 spiro atoms. The molecule has 0 aliphatic carbocycles. The Morgan fingerprint density at radius 1 is 1.29 bits per heavy atom. The number of rotatable bonds is 3. The van der Waals surface area contributed by atoms with Crippen molar-refractivity contribution in [2.75, 3.05) is 0 Å². The lowest BCUT2D eigenvalue weighted by Crippen LogP contribution is -2.06. The predicted molar refractivity (Wildman–Crippen MR) is 88.4 cm³/mol. The minimum Gasteiger partial charge on any atom is -0.358 e. The van der Waals surface area contributed by atoms with Crippen LogP contribution >= 0.6 is 11.3 Å². The van der Waals surface area contributed by atoms with E-state index in [2.05, 4.69) is 27.1 Å². The molecular formula is C14H13N7O2S. The molecule has 0 unspecified atom stereocenters. The zero-order chi connectivity index (χ0) is 17.0. The second-order valence-electron chi connectivity index (χ2n) is 5.56. The number of thiophene rings is 1. The first-order valence-electron chi connectivity index (χ1n) is 7.23. The van der Waals surface area contributed by atoms with Gasteiger partial charge in [-0.2, -0.15) is 4.68 Å². The monoisotopic (exact) mass is 343 g/mol. The van der Waals surface area contributed by atoms with Crippen molar-refractivity contribution in [1.82, 2.24) is 29.4 Å². The minimum absolute atomic E-state index is 0.176. The van der Waals surface area contributed by atoms with Crippen LogP contribution in [-0.4, -0.2) is 34.3 Å². The van der Waals surface area contributed by atoms with Crippen LogP contribution in [0.15, 0.2) is 12.4 Å². The molecule has 0 aliphatic heterocycles. The number of nitro groups is 1. The van der Waals surface area contributed by atoms with E-state index in [1.165, 1.54) is 15.6 Å². The summed E-state index contributed by atoms with van der Waals surface area (Å²) >= 11 is 1.63. The summed E-state index contributed by atoms with van der Waals surface area (Å²) in [6.45, 7) is 6.14. The van der Waals surface area contributed by atoms with Gasteiger partial charge in [0.25, 0.3) is 0 Å². The molecular weight excluding hydrogens is 330 g/mol. The van der Waals surface area contributed by atoms with Crippen molar-refractivity contribution >= 4 is 33.0 Å². The summed E-state index contributed by atoms with van der Waals surface area (Å²) in [5.41, 5.74) is 2.58. The summed E-state index contributed by atoms with van der Waals surface area (Å²) in [5.74, 6) is 0.360. The lowest BCUT2D eigenvalue weighted by molar-refractivity contribution is -0.389. The van der Waals surface area contributed by atoms with Crippen molar-refractivity contribution in [2.45, 2.75) is 27.3 Å². The van der Waals surface area contributed by atoms with Gasteiger partial charge in [0.2, 0.25) is 0 Å². The fraction of sp³-hybridized carbons (Fsp3) is 0.286. The third-order valence-electron chi connectivity index (χ3n) is 4.00. The van der Waals surface area contributed by atoms with Crippen LogP contribution in [-0.2, 0) is 6.54 Å². The van der Waals surface area contributed by atoms with Gasteiger partial charge in [-0.15, -0.1) is 16.4 Å². The molecule has 0 amide bonds. The number of hydrogen-bond donors (Lipinski definition) is 0. The molecule has 0 saturated heterocycles. The highest BCUT2D eigenvalue weighted by Gasteiger charge is 2.18. The third-order valence-corrected chi connectivity index (χ3v) is 5.11. The molecule has 0 saturated carbocycles. The molecule has 0 fully saturated rings. The van der Waals surface area contributed by atoms with Gasteiger partial charge in [-0.05, 0) is 31.3 Å². The molecule has 4 aromatic rings. The van der Waals surface area contributed by atoms with Crippen LogP contribution in [0, 0.1) is 30.9 Å². The van der Waals surface area contributed by atoms with Gasteiger partial charge in [-0.3, -0.25) is 0 Å². The Hall–Kier alpha value is -2.88.